The lowest BCUT2D eigenvalue weighted by Gasteiger charge is -2.33. The van der Waals surface area contributed by atoms with Gasteiger partial charge in [0.1, 0.15) is 10.7 Å². The number of hydrogen-bond acceptors (Lipinski definition) is 5. The number of pyridine rings is 1. The highest BCUT2D eigenvalue weighted by atomic mass is 32.2. The van der Waals surface area contributed by atoms with Crippen molar-refractivity contribution in [2.24, 2.45) is 11.1 Å². The van der Waals surface area contributed by atoms with E-state index in [1.54, 1.807) is 12.3 Å². The number of para-hydroxylation sites is 1. The summed E-state index contributed by atoms with van der Waals surface area (Å²) < 4.78 is 23.2. The molecular weight excluding hydrogens is 312 g/mol. The van der Waals surface area contributed by atoms with Crippen LogP contribution in [0.25, 0.3) is 0 Å². The maximum atomic E-state index is 11.6. The third kappa shape index (κ3) is 3.46. The van der Waals surface area contributed by atoms with Gasteiger partial charge in [-0.1, -0.05) is 18.2 Å². The van der Waals surface area contributed by atoms with Crippen LogP contribution in [0.4, 0.5) is 11.5 Å². The summed E-state index contributed by atoms with van der Waals surface area (Å²) in [7, 11) is -1.71. The van der Waals surface area contributed by atoms with E-state index in [9.17, 15) is 8.42 Å². The molecule has 0 bridgehead atoms. The Morgan fingerprint density at radius 1 is 1.30 bits per heavy atom. The topological polar surface area (TPSA) is 88.3 Å². The van der Waals surface area contributed by atoms with Gasteiger partial charge < -0.3 is 10.2 Å². The first-order valence-electron chi connectivity index (χ1n) is 7.46. The minimum absolute atomic E-state index is 0.0320. The van der Waals surface area contributed by atoms with Gasteiger partial charge in [-0.2, -0.15) is 0 Å². The van der Waals surface area contributed by atoms with Gasteiger partial charge in [-0.25, -0.2) is 18.5 Å². The molecular formula is C16H20N4O2S. The van der Waals surface area contributed by atoms with E-state index in [2.05, 4.69) is 34.4 Å². The highest BCUT2D eigenvalue weighted by Gasteiger charge is 2.22. The molecule has 0 saturated heterocycles. The zero-order valence-electron chi connectivity index (χ0n) is 12.9. The number of anilines is 2. The molecule has 1 atom stereocenters. The number of benzene rings is 1. The van der Waals surface area contributed by atoms with E-state index in [1.165, 1.54) is 17.3 Å². The molecule has 2 heterocycles. The van der Waals surface area contributed by atoms with Gasteiger partial charge in [0, 0.05) is 32.0 Å². The van der Waals surface area contributed by atoms with E-state index in [1.807, 2.05) is 12.1 Å². The number of hydrogen-bond donors (Lipinski definition) is 2. The molecule has 6 nitrogen and oxygen atoms in total. The SMILES string of the molecule is CN1CC(CNc2ncccc2S(N)(=O)=O)Cc2ccccc21. The highest BCUT2D eigenvalue weighted by molar-refractivity contribution is 7.89. The number of nitrogens with two attached hydrogens (primary N) is 1. The monoisotopic (exact) mass is 332 g/mol. The van der Waals surface area contributed by atoms with Crippen LogP contribution in [0.15, 0.2) is 47.5 Å². The quantitative estimate of drug-likeness (QED) is 0.885. The average molecular weight is 332 g/mol. The normalized spacial score (nSPS) is 17.7. The maximum absolute atomic E-state index is 11.6. The van der Waals surface area contributed by atoms with Crippen LogP contribution in [0.5, 0.6) is 0 Å². The number of nitrogens with zero attached hydrogens (tertiary/aromatic N) is 2. The first-order chi connectivity index (χ1) is 10.9. The second-order valence-electron chi connectivity index (χ2n) is 5.86. The summed E-state index contributed by atoms with van der Waals surface area (Å²) in [4.78, 5) is 6.37. The van der Waals surface area contributed by atoms with Crippen molar-refractivity contribution in [3.63, 3.8) is 0 Å². The lowest BCUT2D eigenvalue weighted by molar-refractivity contribution is 0.527. The maximum Gasteiger partial charge on any atom is 0.241 e. The Bertz CT molecular complexity index is 807. The molecule has 3 rings (SSSR count). The van der Waals surface area contributed by atoms with Crippen LogP contribution in [0.1, 0.15) is 5.56 Å². The summed E-state index contributed by atoms with van der Waals surface area (Å²) in [6, 6.07) is 11.4. The number of fused-ring (bicyclic) bond motifs is 1. The molecule has 0 radical (unpaired) electrons. The van der Waals surface area contributed by atoms with E-state index in [4.69, 9.17) is 5.14 Å². The molecule has 1 unspecified atom stereocenters. The molecule has 23 heavy (non-hydrogen) atoms. The zero-order valence-corrected chi connectivity index (χ0v) is 13.8. The average Bonchev–Trinajstić information content (AvgIpc) is 2.52. The number of sulfonamides is 1. The standard InChI is InChI=1S/C16H20N4O2S/c1-20-11-12(9-13-5-2-3-6-14(13)20)10-19-16-15(23(17,21)22)7-4-8-18-16/h2-8,12H,9-11H2,1H3,(H,18,19)(H2,17,21,22). The number of primary sulfonamides is 1. The number of nitrogens with one attached hydrogen (secondary N) is 1. The lowest BCUT2D eigenvalue weighted by atomic mass is 9.93. The molecule has 0 amide bonds. The van der Waals surface area contributed by atoms with Crippen molar-refractivity contribution < 1.29 is 8.42 Å². The van der Waals surface area contributed by atoms with Crippen LogP contribution >= 0.6 is 0 Å². The van der Waals surface area contributed by atoms with E-state index >= 15 is 0 Å². The van der Waals surface area contributed by atoms with Crippen molar-refractivity contribution in [3.8, 4) is 0 Å². The summed E-state index contributed by atoms with van der Waals surface area (Å²) in [6.07, 6.45) is 2.50. The van der Waals surface area contributed by atoms with Crippen molar-refractivity contribution in [1.29, 1.82) is 0 Å². The second kappa shape index (κ2) is 6.17. The summed E-state index contributed by atoms with van der Waals surface area (Å²) in [6.45, 7) is 1.54. The van der Waals surface area contributed by atoms with Crippen LogP contribution in [0.2, 0.25) is 0 Å². The van der Waals surface area contributed by atoms with Crippen molar-refractivity contribution in [2.75, 3.05) is 30.4 Å². The highest BCUT2D eigenvalue weighted by Crippen LogP contribution is 2.28. The molecule has 1 aromatic heterocycles. The minimum Gasteiger partial charge on any atom is -0.374 e. The van der Waals surface area contributed by atoms with Gasteiger partial charge in [-0.15, -0.1) is 0 Å². The fraction of sp³-hybridized carbons (Fsp3) is 0.312. The van der Waals surface area contributed by atoms with E-state index in [0.717, 1.165) is 13.0 Å². The molecule has 0 fully saturated rings. The first kappa shape index (κ1) is 15.8. The molecule has 1 aromatic carbocycles. The summed E-state index contributed by atoms with van der Waals surface area (Å²) in [5.74, 6) is 0.682. The van der Waals surface area contributed by atoms with Crippen molar-refractivity contribution in [3.05, 3.63) is 48.2 Å². The molecule has 2 aromatic rings. The molecule has 0 aliphatic carbocycles. The Kier molecular flexibility index (Phi) is 4.23. The van der Waals surface area contributed by atoms with E-state index in [-0.39, 0.29) is 4.90 Å². The predicted octanol–water partition coefficient (Wildman–Crippen LogP) is 1.45. The number of rotatable bonds is 4. The Hall–Kier alpha value is -2.12. The zero-order chi connectivity index (χ0) is 16.4. The lowest BCUT2D eigenvalue weighted by Crippen LogP contribution is -2.36. The third-order valence-electron chi connectivity index (χ3n) is 4.08. The van der Waals surface area contributed by atoms with Gasteiger partial charge in [-0.05, 0) is 36.1 Å². The van der Waals surface area contributed by atoms with E-state index in [0.29, 0.717) is 18.3 Å². The number of aromatic nitrogens is 1. The van der Waals surface area contributed by atoms with Gasteiger partial charge in [0.15, 0.2) is 0 Å². The molecule has 7 heteroatoms. The Balaban J connectivity index is 1.74. The van der Waals surface area contributed by atoms with Gasteiger partial charge in [-0.3, -0.25) is 0 Å². The van der Waals surface area contributed by atoms with Gasteiger partial charge >= 0.3 is 0 Å². The summed E-state index contributed by atoms with van der Waals surface area (Å²) in [5, 5.41) is 8.38. The molecule has 0 spiro atoms. The molecule has 3 N–H and O–H groups in total. The van der Waals surface area contributed by atoms with Gasteiger partial charge in [0.25, 0.3) is 0 Å². The van der Waals surface area contributed by atoms with Gasteiger partial charge in [0.05, 0.1) is 0 Å². The van der Waals surface area contributed by atoms with Crippen LogP contribution < -0.4 is 15.4 Å². The first-order valence-corrected chi connectivity index (χ1v) is 9.00. The molecule has 1 aliphatic heterocycles. The summed E-state index contributed by atoms with van der Waals surface area (Å²) in [5.41, 5.74) is 2.56. The third-order valence-corrected chi connectivity index (χ3v) is 5.02. The fourth-order valence-electron chi connectivity index (χ4n) is 3.05. The predicted molar refractivity (Wildman–Crippen MR) is 91.0 cm³/mol. The van der Waals surface area contributed by atoms with Crippen LogP contribution in [0, 0.1) is 5.92 Å². The Morgan fingerprint density at radius 3 is 2.87 bits per heavy atom. The largest absolute Gasteiger partial charge is 0.374 e. The van der Waals surface area contributed by atoms with Crippen LogP contribution in [-0.2, 0) is 16.4 Å². The van der Waals surface area contributed by atoms with Crippen LogP contribution in [0.3, 0.4) is 0 Å². The summed E-state index contributed by atoms with van der Waals surface area (Å²) >= 11 is 0. The van der Waals surface area contributed by atoms with Crippen LogP contribution in [-0.4, -0.2) is 33.5 Å². The van der Waals surface area contributed by atoms with Crippen molar-refractivity contribution >= 4 is 21.5 Å². The molecule has 0 saturated carbocycles. The Morgan fingerprint density at radius 2 is 2.09 bits per heavy atom. The van der Waals surface area contributed by atoms with Gasteiger partial charge in [0.2, 0.25) is 10.0 Å². The molecule has 1 aliphatic rings. The minimum atomic E-state index is -3.78. The molecule has 122 valence electrons. The second-order valence-corrected chi connectivity index (χ2v) is 7.39. The van der Waals surface area contributed by atoms with Crippen molar-refractivity contribution in [2.45, 2.75) is 11.3 Å². The smallest absolute Gasteiger partial charge is 0.241 e. The van der Waals surface area contributed by atoms with E-state index < -0.39 is 10.0 Å². The Labute approximate surface area is 136 Å². The van der Waals surface area contributed by atoms with Crippen molar-refractivity contribution in [1.82, 2.24) is 4.98 Å². The fourth-order valence-corrected chi connectivity index (χ4v) is 3.71.